The van der Waals surface area contributed by atoms with Crippen LogP contribution in [0, 0.1) is 27.1 Å². The molecule has 1 aliphatic rings. The monoisotopic (exact) mass is 591 g/mol. The lowest BCUT2D eigenvalue weighted by molar-refractivity contribution is 0.187. The molecule has 0 radical (unpaired) electrons. The Hall–Kier alpha value is -1.91. The van der Waals surface area contributed by atoms with Crippen molar-refractivity contribution in [1.82, 2.24) is 4.90 Å². The predicted octanol–water partition coefficient (Wildman–Crippen LogP) is 7.89. The van der Waals surface area contributed by atoms with Gasteiger partial charge in [0.15, 0.2) is 0 Å². The van der Waals surface area contributed by atoms with Crippen LogP contribution < -0.4 is 5.32 Å². The van der Waals surface area contributed by atoms with Crippen molar-refractivity contribution >= 4 is 47.6 Å². The summed E-state index contributed by atoms with van der Waals surface area (Å²) in [7, 11) is 0. The molecule has 2 atom stereocenters. The third-order valence-electron chi connectivity index (χ3n) is 6.70. The molecule has 1 fully saturated rings. The Balaban J connectivity index is 1.70. The van der Waals surface area contributed by atoms with E-state index in [-0.39, 0.29) is 6.03 Å². The van der Waals surface area contributed by atoms with Gasteiger partial charge in [0.05, 0.1) is 0 Å². The summed E-state index contributed by atoms with van der Waals surface area (Å²) >= 11 is 5.41. The molecular weight excluding hydrogens is 557 g/mol. The molecule has 0 aliphatic carbocycles. The van der Waals surface area contributed by atoms with Crippen LogP contribution in [-0.4, -0.2) is 27.5 Å². The average molecular weight is 592 g/mol. The second kappa shape index (κ2) is 13.8. The van der Waals surface area contributed by atoms with Crippen molar-refractivity contribution in [3.05, 3.63) is 65.2 Å². The molecule has 1 saturated heterocycles. The summed E-state index contributed by atoms with van der Waals surface area (Å²) in [5, 5.41) is 13.3. The molecule has 3 rings (SSSR count). The highest BCUT2D eigenvalue weighted by atomic mass is 127. The zero-order chi connectivity index (χ0) is 24.3. The van der Waals surface area contributed by atoms with E-state index in [2.05, 4.69) is 53.6 Å². The van der Waals surface area contributed by atoms with Crippen LogP contribution in [0.2, 0.25) is 5.02 Å². The highest BCUT2D eigenvalue weighted by Crippen LogP contribution is 2.31. The minimum Gasteiger partial charge on any atom is -0.324 e. The van der Waals surface area contributed by atoms with Gasteiger partial charge in [-0.25, -0.2) is 4.79 Å². The van der Waals surface area contributed by atoms with Crippen LogP contribution in [0.15, 0.2) is 54.6 Å². The number of halogens is 2. The van der Waals surface area contributed by atoms with E-state index >= 15 is 0 Å². The smallest absolute Gasteiger partial charge is 0.321 e. The molecule has 4 nitrogen and oxygen atoms in total. The number of rotatable bonds is 6. The Morgan fingerprint density at radius 2 is 1.91 bits per heavy atom. The standard InChI is InChI=1S/C28H35ClIN3O/c1-21(2)24-18-23(27(30-20-31)16-11-22-8-4-3-5-9-22)10-6-7-17-33(19-24)28(34)32-26-14-12-25(29)13-15-26/h3-5,8-9,12-15,21,23-24H,6-7,10-11,16-19H2,1-2H3,(H,32,34). The fraction of sp³-hybridized carbons (Fsp3) is 0.464. The van der Waals surface area contributed by atoms with E-state index in [0.29, 0.717) is 22.8 Å². The van der Waals surface area contributed by atoms with Crippen LogP contribution >= 0.6 is 32.3 Å². The maximum absolute atomic E-state index is 13.1. The molecule has 2 unspecified atom stereocenters. The number of anilines is 1. The minimum absolute atomic E-state index is 0.0378. The zero-order valence-electron chi connectivity index (χ0n) is 20.1. The van der Waals surface area contributed by atoms with Crippen molar-refractivity contribution < 1.29 is 4.79 Å². The molecule has 0 saturated carbocycles. The van der Waals surface area contributed by atoms with Gasteiger partial charge in [-0.05, 0) is 104 Å². The van der Waals surface area contributed by atoms with Crippen LogP contribution in [-0.2, 0) is 6.42 Å². The SMILES string of the molecule is CC(C)C1CC(C(CCc2ccccc2)=IC#N)CCCCN(C(=O)Nc2ccc(Cl)cc2)C1. The first-order valence-electron chi connectivity index (χ1n) is 12.2. The third kappa shape index (κ3) is 8.39. The summed E-state index contributed by atoms with van der Waals surface area (Å²) in [5.74, 6) is 1.37. The van der Waals surface area contributed by atoms with Gasteiger partial charge in [0.2, 0.25) is 0 Å². The number of nitrogens with zero attached hydrogens (tertiary/aromatic N) is 2. The van der Waals surface area contributed by atoms with E-state index < -0.39 is 20.7 Å². The van der Waals surface area contributed by atoms with Gasteiger partial charge in [0, 0.05) is 23.8 Å². The number of hydrogen-bond donors (Lipinski definition) is 1. The lowest BCUT2D eigenvalue weighted by Crippen LogP contribution is -2.40. The van der Waals surface area contributed by atoms with Gasteiger partial charge in [-0.1, -0.05) is 62.2 Å². The number of amides is 2. The van der Waals surface area contributed by atoms with Crippen molar-refractivity contribution in [2.24, 2.45) is 17.8 Å². The number of carbonyl (C=O) groups excluding carboxylic acids is 1. The van der Waals surface area contributed by atoms with Gasteiger partial charge in [0.1, 0.15) is 4.08 Å². The Kier molecular flexibility index (Phi) is 10.9. The lowest BCUT2D eigenvalue weighted by Gasteiger charge is -2.31. The van der Waals surface area contributed by atoms with Gasteiger partial charge in [-0.3, -0.25) is 0 Å². The molecule has 182 valence electrons. The highest BCUT2D eigenvalue weighted by Gasteiger charge is 2.28. The highest BCUT2D eigenvalue weighted by molar-refractivity contribution is 14.2. The molecule has 2 aromatic rings. The van der Waals surface area contributed by atoms with Gasteiger partial charge >= 0.3 is 6.03 Å². The first kappa shape index (κ1) is 26.7. The quantitative estimate of drug-likeness (QED) is 0.347. The summed E-state index contributed by atoms with van der Waals surface area (Å²) in [4.78, 5) is 15.1. The molecule has 2 amide bonds. The molecule has 1 N–H and O–H groups in total. The van der Waals surface area contributed by atoms with E-state index in [9.17, 15) is 10.1 Å². The number of nitriles is 1. The van der Waals surface area contributed by atoms with Gasteiger partial charge in [-0.15, -0.1) is 0 Å². The number of nitrogens with one attached hydrogen (secondary N) is 1. The molecule has 0 bridgehead atoms. The average Bonchev–Trinajstić information content (AvgIpc) is 2.94. The molecular formula is C28H35ClIN3O. The van der Waals surface area contributed by atoms with E-state index in [0.717, 1.165) is 57.3 Å². The van der Waals surface area contributed by atoms with Gasteiger partial charge < -0.3 is 10.2 Å². The first-order chi connectivity index (χ1) is 16.5. The Morgan fingerprint density at radius 1 is 1.18 bits per heavy atom. The molecule has 1 heterocycles. The Bertz CT molecular complexity index is 985. The number of benzene rings is 2. The Labute approximate surface area is 219 Å². The number of hydrogen-bond acceptors (Lipinski definition) is 2. The summed E-state index contributed by atoms with van der Waals surface area (Å²) < 4.78 is 4.04. The summed E-state index contributed by atoms with van der Waals surface area (Å²) in [5.41, 5.74) is 2.11. The maximum atomic E-state index is 13.1. The van der Waals surface area contributed by atoms with Crippen LogP contribution in [0.5, 0.6) is 0 Å². The van der Waals surface area contributed by atoms with E-state index in [1.165, 1.54) is 9.07 Å². The first-order valence-corrected chi connectivity index (χ1v) is 14.7. The zero-order valence-corrected chi connectivity index (χ0v) is 23.1. The van der Waals surface area contributed by atoms with E-state index in [1.807, 2.05) is 17.0 Å². The molecule has 1 aliphatic heterocycles. The molecule has 0 aromatic heterocycles. The molecule has 2 aromatic carbocycles. The summed E-state index contributed by atoms with van der Waals surface area (Å²) in [6.07, 6.45) is 6.29. The topological polar surface area (TPSA) is 56.1 Å². The number of urea groups is 1. The van der Waals surface area contributed by atoms with Crippen LogP contribution in [0.3, 0.4) is 0 Å². The normalized spacial score (nSPS) is 19.9. The maximum Gasteiger partial charge on any atom is 0.321 e. The molecule has 0 spiro atoms. The van der Waals surface area contributed by atoms with Crippen molar-refractivity contribution in [2.75, 3.05) is 18.4 Å². The second-order valence-corrected chi connectivity index (χ2v) is 12.3. The Morgan fingerprint density at radius 3 is 2.59 bits per heavy atom. The number of aryl methyl sites for hydroxylation is 1. The van der Waals surface area contributed by atoms with Crippen LogP contribution in [0.1, 0.15) is 51.5 Å². The number of carbonyl (C=O) groups is 1. The van der Waals surface area contributed by atoms with Gasteiger partial charge in [-0.2, -0.15) is 5.26 Å². The summed E-state index contributed by atoms with van der Waals surface area (Å²) in [6.45, 7) is 6.04. The van der Waals surface area contributed by atoms with Crippen LogP contribution in [0.25, 0.3) is 0 Å². The predicted molar refractivity (Wildman–Crippen MR) is 152 cm³/mol. The van der Waals surface area contributed by atoms with E-state index in [4.69, 9.17) is 11.6 Å². The minimum atomic E-state index is -0.573. The van der Waals surface area contributed by atoms with Crippen molar-refractivity contribution in [1.29, 1.82) is 5.26 Å². The molecule has 6 heteroatoms. The lowest BCUT2D eigenvalue weighted by atomic mass is 9.82. The fourth-order valence-electron chi connectivity index (χ4n) is 4.60. The van der Waals surface area contributed by atoms with E-state index in [1.54, 1.807) is 12.1 Å². The fourth-order valence-corrected chi connectivity index (χ4v) is 6.59. The van der Waals surface area contributed by atoms with Gasteiger partial charge in [0.25, 0.3) is 0 Å². The van der Waals surface area contributed by atoms with Crippen LogP contribution in [0.4, 0.5) is 10.5 Å². The third-order valence-corrected chi connectivity index (χ3v) is 9.31. The second-order valence-electron chi connectivity index (χ2n) is 9.43. The summed E-state index contributed by atoms with van der Waals surface area (Å²) in [6, 6.07) is 17.8. The van der Waals surface area contributed by atoms with Crippen molar-refractivity contribution in [2.45, 2.75) is 52.4 Å². The molecule has 34 heavy (non-hydrogen) atoms. The van der Waals surface area contributed by atoms with Crippen molar-refractivity contribution in [3.8, 4) is 4.08 Å². The largest absolute Gasteiger partial charge is 0.324 e. The van der Waals surface area contributed by atoms with Crippen molar-refractivity contribution in [3.63, 3.8) is 0 Å².